The zero-order valence-corrected chi connectivity index (χ0v) is 12.7. The average Bonchev–Trinajstić information content (AvgIpc) is 2.88. The van der Waals surface area contributed by atoms with Crippen molar-refractivity contribution in [2.45, 2.75) is 40.2 Å². The van der Waals surface area contributed by atoms with Crippen molar-refractivity contribution in [2.75, 3.05) is 0 Å². The van der Waals surface area contributed by atoms with E-state index in [1.807, 2.05) is 39.8 Å². The van der Waals surface area contributed by atoms with Gasteiger partial charge >= 0.3 is 5.97 Å². The number of esters is 1. The summed E-state index contributed by atoms with van der Waals surface area (Å²) in [5.41, 5.74) is 2.26. The van der Waals surface area contributed by atoms with Crippen LogP contribution in [0.3, 0.4) is 0 Å². The van der Waals surface area contributed by atoms with Crippen LogP contribution in [0.25, 0.3) is 0 Å². The van der Waals surface area contributed by atoms with E-state index >= 15 is 0 Å². The quantitative estimate of drug-likeness (QED) is 0.433. The standard InChI is InChI=1S/C16H21ClO2/c1-6-8-11(3)13(7-2)19-15(18)14-12(9-10-17)16(14,4)5/h2,8-10,12-14H,6H2,1,3-5H3/b10-9+,11-8+/t12-,13?,14-/m1/s1. The molecule has 0 aromatic heterocycles. The number of carbonyl (C=O) groups is 1. The SMILES string of the molecule is C#CC(OC(=O)[C@H]1[C@@H](/C=C/Cl)C1(C)C)/C(C)=C/CC. The number of allylic oxidation sites excluding steroid dienone is 2. The van der Waals surface area contributed by atoms with E-state index in [4.69, 9.17) is 22.8 Å². The van der Waals surface area contributed by atoms with Gasteiger partial charge in [-0.05, 0) is 30.3 Å². The van der Waals surface area contributed by atoms with Crippen LogP contribution in [0.4, 0.5) is 0 Å². The van der Waals surface area contributed by atoms with E-state index in [-0.39, 0.29) is 23.2 Å². The number of halogens is 1. The molecule has 0 aliphatic heterocycles. The molecule has 0 aromatic rings. The Balaban J connectivity index is 2.71. The normalized spacial score (nSPS) is 26.8. The highest BCUT2D eigenvalue weighted by atomic mass is 35.5. The van der Waals surface area contributed by atoms with Gasteiger partial charge in [0.25, 0.3) is 0 Å². The molecule has 0 spiro atoms. The number of rotatable bonds is 5. The highest BCUT2D eigenvalue weighted by Gasteiger charge is 2.61. The molecule has 1 rings (SSSR count). The van der Waals surface area contributed by atoms with Gasteiger partial charge < -0.3 is 4.74 Å². The van der Waals surface area contributed by atoms with Gasteiger partial charge in [-0.1, -0.05) is 50.4 Å². The molecule has 3 atom stereocenters. The maximum Gasteiger partial charge on any atom is 0.311 e. The number of terminal acetylenes is 1. The number of ether oxygens (including phenoxy) is 1. The Morgan fingerprint density at radius 3 is 2.68 bits per heavy atom. The Hall–Kier alpha value is -1.20. The zero-order valence-electron chi connectivity index (χ0n) is 11.9. The Labute approximate surface area is 120 Å². The predicted octanol–water partition coefficient (Wildman–Crippen LogP) is 3.91. The summed E-state index contributed by atoms with van der Waals surface area (Å²) in [6, 6.07) is 0. The lowest BCUT2D eigenvalue weighted by Gasteiger charge is -2.13. The first kappa shape index (κ1) is 15.9. The molecule has 1 unspecified atom stereocenters. The molecule has 0 radical (unpaired) electrons. The van der Waals surface area contributed by atoms with Crippen molar-refractivity contribution >= 4 is 17.6 Å². The second-order valence-corrected chi connectivity index (χ2v) is 5.74. The molecule has 2 nitrogen and oxygen atoms in total. The first-order valence-electron chi connectivity index (χ1n) is 6.50. The first-order chi connectivity index (χ1) is 8.89. The highest BCUT2D eigenvalue weighted by Crippen LogP contribution is 2.59. The van der Waals surface area contributed by atoms with Crippen LogP contribution in [-0.2, 0) is 9.53 Å². The molecule has 0 bridgehead atoms. The summed E-state index contributed by atoms with van der Waals surface area (Å²) in [6.45, 7) is 7.96. The molecular formula is C16H21ClO2. The van der Waals surface area contributed by atoms with Gasteiger partial charge in [0.2, 0.25) is 0 Å². The molecule has 0 heterocycles. The topological polar surface area (TPSA) is 26.3 Å². The van der Waals surface area contributed by atoms with Crippen LogP contribution >= 0.6 is 11.6 Å². The largest absolute Gasteiger partial charge is 0.444 e. The molecule has 0 aromatic carbocycles. The monoisotopic (exact) mass is 280 g/mol. The second kappa shape index (κ2) is 6.30. The van der Waals surface area contributed by atoms with E-state index in [1.165, 1.54) is 5.54 Å². The number of hydrogen-bond acceptors (Lipinski definition) is 2. The van der Waals surface area contributed by atoms with Gasteiger partial charge in [0.15, 0.2) is 6.10 Å². The minimum atomic E-state index is -0.565. The van der Waals surface area contributed by atoms with E-state index in [9.17, 15) is 4.79 Å². The van der Waals surface area contributed by atoms with Crippen LogP contribution in [0.2, 0.25) is 0 Å². The zero-order chi connectivity index (χ0) is 14.6. The summed E-state index contributed by atoms with van der Waals surface area (Å²) in [5.74, 6) is 2.25. The second-order valence-electron chi connectivity index (χ2n) is 5.48. The first-order valence-corrected chi connectivity index (χ1v) is 6.93. The van der Waals surface area contributed by atoms with Gasteiger partial charge in [-0.3, -0.25) is 4.79 Å². The van der Waals surface area contributed by atoms with Crippen molar-refractivity contribution < 1.29 is 9.53 Å². The van der Waals surface area contributed by atoms with E-state index in [0.29, 0.717) is 0 Å². The summed E-state index contributed by atoms with van der Waals surface area (Å²) < 4.78 is 5.43. The number of carbonyl (C=O) groups excluding carboxylic acids is 1. The molecule has 0 N–H and O–H groups in total. The van der Waals surface area contributed by atoms with E-state index in [2.05, 4.69) is 5.92 Å². The van der Waals surface area contributed by atoms with Crippen molar-refractivity contribution in [2.24, 2.45) is 17.3 Å². The van der Waals surface area contributed by atoms with Crippen LogP contribution in [-0.4, -0.2) is 12.1 Å². The molecule has 0 saturated heterocycles. The third-order valence-corrected chi connectivity index (χ3v) is 3.92. The maximum atomic E-state index is 12.2. The third kappa shape index (κ3) is 3.42. The number of hydrogen-bond donors (Lipinski definition) is 0. The molecule has 3 heteroatoms. The molecule has 1 aliphatic carbocycles. The fourth-order valence-electron chi connectivity index (χ4n) is 2.44. The third-order valence-electron chi connectivity index (χ3n) is 3.77. The van der Waals surface area contributed by atoms with Crippen LogP contribution < -0.4 is 0 Å². The minimum absolute atomic E-state index is 0.107. The lowest BCUT2D eigenvalue weighted by molar-refractivity contribution is -0.147. The molecule has 0 amide bonds. The van der Waals surface area contributed by atoms with Crippen LogP contribution in [0, 0.1) is 29.6 Å². The van der Waals surface area contributed by atoms with Gasteiger partial charge in [0.05, 0.1) is 5.92 Å². The lowest BCUT2D eigenvalue weighted by atomic mass is 10.1. The van der Waals surface area contributed by atoms with E-state index in [1.54, 1.807) is 0 Å². The lowest BCUT2D eigenvalue weighted by Crippen LogP contribution is -2.20. The minimum Gasteiger partial charge on any atom is -0.444 e. The van der Waals surface area contributed by atoms with Crippen LogP contribution in [0.1, 0.15) is 34.1 Å². The molecule has 104 valence electrons. The van der Waals surface area contributed by atoms with Crippen molar-refractivity contribution in [3.8, 4) is 12.3 Å². The van der Waals surface area contributed by atoms with Crippen molar-refractivity contribution in [1.29, 1.82) is 0 Å². The molecule has 19 heavy (non-hydrogen) atoms. The smallest absolute Gasteiger partial charge is 0.311 e. The van der Waals surface area contributed by atoms with E-state index < -0.39 is 6.10 Å². The average molecular weight is 281 g/mol. The fraction of sp³-hybridized carbons (Fsp3) is 0.562. The summed E-state index contributed by atoms with van der Waals surface area (Å²) >= 11 is 5.58. The molecule has 1 aliphatic rings. The predicted molar refractivity (Wildman–Crippen MR) is 78.5 cm³/mol. The van der Waals surface area contributed by atoms with E-state index in [0.717, 1.165) is 12.0 Å². The molecule has 1 fully saturated rings. The Kier molecular flexibility index (Phi) is 5.26. The van der Waals surface area contributed by atoms with Crippen molar-refractivity contribution in [3.05, 3.63) is 23.3 Å². The maximum absolute atomic E-state index is 12.2. The van der Waals surface area contributed by atoms with Crippen molar-refractivity contribution in [3.63, 3.8) is 0 Å². The van der Waals surface area contributed by atoms with Gasteiger partial charge in [0, 0.05) is 5.54 Å². The summed E-state index contributed by atoms with van der Waals surface area (Å²) in [5, 5.41) is 0. The highest BCUT2D eigenvalue weighted by molar-refractivity contribution is 6.25. The van der Waals surface area contributed by atoms with Gasteiger partial charge in [-0.25, -0.2) is 0 Å². The Bertz CT molecular complexity index is 440. The Morgan fingerprint density at radius 1 is 1.58 bits per heavy atom. The van der Waals surface area contributed by atoms with Gasteiger partial charge in [-0.15, -0.1) is 6.42 Å². The molecule has 1 saturated carbocycles. The fourth-order valence-corrected chi connectivity index (χ4v) is 2.60. The van der Waals surface area contributed by atoms with Gasteiger partial charge in [0.1, 0.15) is 0 Å². The van der Waals surface area contributed by atoms with Crippen molar-refractivity contribution in [1.82, 2.24) is 0 Å². The van der Waals surface area contributed by atoms with Gasteiger partial charge in [-0.2, -0.15) is 0 Å². The van der Waals surface area contributed by atoms with Crippen LogP contribution in [0.5, 0.6) is 0 Å². The molecular weight excluding hydrogens is 260 g/mol. The summed E-state index contributed by atoms with van der Waals surface area (Å²) in [6.07, 6.45) is 9.55. The summed E-state index contributed by atoms with van der Waals surface area (Å²) in [4.78, 5) is 12.2. The van der Waals surface area contributed by atoms with Crippen LogP contribution in [0.15, 0.2) is 23.3 Å². The summed E-state index contributed by atoms with van der Waals surface area (Å²) in [7, 11) is 0. The Morgan fingerprint density at radius 2 is 2.21 bits per heavy atom.